The molecule has 1 aliphatic heterocycles. The molecule has 11 heteroatoms. The summed E-state index contributed by atoms with van der Waals surface area (Å²) in [7, 11) is 0. The molecule has 31 heavy (non-hydrogen) atoms. The number of hydrogen-bond acceptors (Lipinski definition) is 8. The molecular formula is C20H16N8O3. The van der Waals surface area contributed by atoms with Crippen LogP contribution in [0.4, 0.5) is 0 Å². The number of fused-ring (bicyclic) bond motifs is 2. The number of H-pyrrole nitrogens is 2. The molecule has 0 fully saturated rings. The fraction of sp³-hybridized carbons (Fsp3) is 0.200. The van der Waals surface area contributed by atoms with Gasteiger partial charge in [-0.2, -0.15) is 5.10 Å². The molecule has 5 heterocycles. The Morgan fingerprint density at radius 3 is 3.03 bits per heavy atom. The molecule has 0 saturated carbocycles. The van der Waals surface area contributed by atoms with Gasteiger partial charge in [-0.3, -0.25) is 9.89 Å². The number of benzene rings is 1. The van der Waals surface area contributed by atoms with E-state index in [2.05, 4.69) is 35.3 Å². The Morgan fingerprint density at radius 1 is 1.23 bits per heavy atom. The molecule has 0 saturated heterocycles. The number of nitrogens with zero attached hydrogens (tertiary/aromatic N) is 6. The topological polar surface area (TPSA) is 143 Å². The van der Waals surface area contributed by atoms with Gasteiger partial charge >= 0.3 is 11.8 Å². The first kappa shape index (κ1) is 17.6. The zero-order valence-corrected chi connectivity index (χ0v) is 16.4. The molecule has 4 aromatic heterocycles. The van der Waals surface area contributed by atoms with Crippen LogP contribution in [0.1, 0.15) is 39.6 Å². The third kappa shape index (κ3) is 2.81. The van der Waals surface area contributed by atoms with Crippen LogP contribution >= 0.6 is 0 Å². The van der Waals surface area contributed by atoms with E-state index in [1.807, 2.05) is 25.1 Å². The summed E-state index contributed by atoms with van der Waals surface area (Å²) < 4.78 is 11.7. The van der Waals surface area contributed by atoms with E-state index in [1.165, 1.54) is 0 Å². The summed E-state index contributed by atoms with van der Waals surface area (Å²) in [4.78, 5) is 27.2. The number of rotatable bonds is 3. The molecule has 6 rings (SSSR count). The second-order valence-electron chi connectivity index (χ2n) is 7.32. The first-order valence-corrected chi connectivity index (χ1v) is 9.71. The molecule has 1 aliphatic rings. The number of nitrogens with one attached hydrogen (secondary N) is 2. The first-order chi connectivity index (χ1) is 15.2. The fourth-order valence-electron chi connectivity index (χ4n) is 3.83. The van der Waals surface area contributed by atoms with Gasteiger partial charge in [0, 0.05) is 24.9 Å². The van der Waals surface area contributed by atoms with Crippen LogP contribution in [-0.2, 0) is 6.42 Å². The summed E-state index contributed by atoms with van der Waals surface area (Å²) in [6.45, 7) is 2.40. The summed E-state index contributed by atoms with van der Waals surface area (Å²) in [5, 5.41) is 14.5. The Balaban J connectivity index is 1.42. The van der Waals surface area contributed by atoms with Crippen molar-refractivity contribution >= 4 is 17.0 Å². The number of hydrogen-bond donors (Lipinski definition) is 2. The van der Waals surface area contributed by atoms with Gasteiger partial charge in [-0.25, -0.2) is 9.97 Å². The van der Waals surface area contributed by atoms with Crippen molar-refractivity contribution in [3.8, 4) is 11.6 Å². The molecule has 0 radical (unpaired) electrons. The summed E-state index contributed by atoms with van der Waals surface area (Å²) >= 11 is 0. The van der Waals surface area contributed by atoms with Crippen LogP contribution in [0.2, 0.25) is 0 Å². The van der Waals surface area contributed by atoms with Gasteiger partial charge in [0.15, 0.2) is 11.6 Å². The van der Waals surface area contributed by atoms with Crippen molar-refractivity contribution in [2.75, 3.05) is 6.54 Å². The molecule has 0 unspecified atom stereocenters. The van der Waals surface area contributed by atoms with Gasteiger partial charge in [0.2, 0.25) is 5.89 Å². The van der Waals surface area contributed by atoms with Gasteiger partial charge in [0.05, 0.1) is 12.0 Å². The Hall–Kier alpha value is -4.28. The highest BCUT2D eigenvalue weighted by atomic mass is 16.4. The molecule has 2 N–H and O–H groups in total. The highest BCUT2D eigenvalue weighted by Crippen LogP contribution is 2.35. The van der Waals surface area contributed by atoms with Gasteiger partial charge in [-0.05, 0) is 30.7 Å². The molecule has 0 aliphatic carbocycles. The normalized spacial score (nSPS) is 16.0. The number of oxazole rings is 1. The van der Waals surface area contributed by atoms with E-state index in [0.29, 0.717) is 35.8 Å². The minimum atomic E-state index is -0.613. The number of aromatic nitrogens is 7. The smallest absolute Gasteiger partial charge is 0.312 e. The molecule has 1 atom stereocenters. The molecule has 5 aromatic rings. The Morgan fingerprint density at radius 2 is 2.16 bits per heavy atom. The van der Waals surface area contributed by atoms with Crippen LogP contribution in [-0.4, -0.2) is 52.7 Å². The van der Waals surface area contributed by atoms with Crippen LogP contribution in [0.15, 0.2) is 45.6 Å². The zero-order chi connectivity index (χ0) is 20.9. The zero-order valence-electron chi connectivity index (χ0n) is 16.4. The van der Waals surface area contributed by atoms with Crippen molar-refractivity contribution in [3.05, 3.63) is 65.5 Å². The highest BCUT2D eigenvalue weighted by Gasteiger charge is 2.39. The van der Waals surface area contributed by atoms with Gasteiger partial charge < -0.3 is 18.7 Å². The van der Waals surface area contributed by atoms with Crippen LogP contribution in [0.3, 0.4) is 0 Å². The molecule has 0 spiro atoms. The van der Waals surface area contributed by atoms with E-state index < -0.39 is 11.9 Å². The van der Waals surface area contributed by atoms with Gasteiger partial charge in [0.25, 0.3) is 5.89 Å². The molecule has 0 bridgehead atoms. The molecule has 1 aromatic carbocycles. The van der Waals surface area contributed by atoms with Crippen molar-refractivity contribution in [1.29, 1.82) is 0 Å². The van der Waals surface area contributed by atoms with Crippen molar-refractivity contribution in [3.63, 3.8) is 0 Å². The number of imidazole rings is 1. The lowest BCUT2D eigenvalue weighted by Gasteiger charge is -2.31. The second kappa shape index (κ2) is 6.62. The SMILES string of the molecule is Cc1ccc2nc([C@@H]3c4nc[nH]c4CCN3C(=O)c3nnc(-c4ccn[nH]4)o3)oc2c1. The molecular weight excluding hydrogens is 400 g/mol. The average molecular weight is 416 g/mol. The fourth-order valence-corrected chi connectivity index (χ4v) is 3.83. The maximum atomic E-state index is 13.4. The van der Waals surface area contributed by atoms with Crippen LogP contribution < -0.4 is 0 Å². The number of amides is 1. The van der Waals surface area contributed by atoms with E-state index in [0.717, 1.165) is 16.8 Å². The standard InChI is InChI=1S/C20H16N8O3/c1-10-2-3-11-14(8-10)30-18(24-11)16-15-12(21-9-22-15)5-7-28(16)20(29)19-27-26-17(31-19)13-4-6-23-25-13/h2-4,6,8-9,16H,5,7H2,1H3,(H,21,22)(H,23,25)/t16-/m0/s1. The van der Waals surface area contributed by atoms with Crippen molar-refractivity contribution < 1.29 is 13.6 Å². The number of aromatic amines is 2. The lowest BCUT2D eigenvalue weighted by Crippen LogP contribution is -2.41. The minimum absolute atomic E-state index is 0.124. The van der Waals surface area contributed by atoms with Gasteiger partial charge in [0.1, 0.15) is 11.2 Å². The Bertz CT molecular complexity index is 1400. The van der Waals surface area contributed by atoms with Crippen LogP contribution in [0, 0.1) is 6.92 Å². The number of aryl methyl sites for hydroxylation is 1. The largest absolute Gasteiger partial charge is 0.438 e. The van der Waals surface area contributed by atoms with E-state index in [1.54, 1.807) is 23.5 Å². The maximum Gasteiger partial charge on any atom is 0.312 e. The van der Waals surface area contributed by atoms with Gasteiger partial charge in [-0.1, -0.05) is 6.07 Å². The van der Waals surface area contributed by atoms with Crippen molar-refractivity contribution in [2.45, 2.75) is 19.4 Å². The Kier molecular flexibility index (Phi) is 3.75. The minimum Gasteiger partial charge on any atom is -0.438 e. The van der Waals surface area contributed by atoms with Crippen molar-refractivity contribution in [2.24, 2.45) is 0 Å². The van der Waals surface area contributed by atoms with Crippen molar-refractivity contribution in [1.82, 2.24) is 40.2 Å². The lowest BCUT2D eigenvalue weighted by atomic mass is 10.0. The Labute approximate surface area is 174 Å². The van der Waals surface area contributed by atoms with E-state index in [-0.39, 0.29) is 11.8 Å². The number of carbonyl (C=O) groups excluding carboxylic acids is 1. The maximum absolute atomic E-state index is 13.4. The average Bonchev–Trinajstić information content (AvgIpc) is 3.57. The number of carbonyl (C=O) groups is 1. The van der Waals surface area contributed by atoms with E-state index in [9.17, 15) is 4.79 Å². The summed E-state index contributed by atoms with van der Waals surface area (Å²) in [5.41, 5.74) is 4.60. The first-order valence-electron chi connectivity index (χ1n) is 9.71. The van der Waals surface area contributed by atoms with E-state index >= 15 is 0 Å². The summed E-state index contributed by atoms with van der Waals surface area (Å²) in [5.74, 6) is 0.0263. The third-order valence-electron chi connectivity index (χ3n) is 5.32. The molecule has 1 amide bonds. The van der Waals surface area contributed by atoms with E-state index in [4.69, 9.17) is 8.83 Å². The molecule has 154 valence electrons. The lowest BCUT2D eigenvalue weighted by molar-refractivity contribution is 0.0627. The molecule has 11 nitrogen and oxygen atoms in total. The second-order valence-corrected chi connectivity index (χ2v) is 7.32. The predicted octanol–water partition coefficient (Wildman–Crippen LogP) is 2.42. The van der Waals surface area contributed by atoms with Gasteiger partial charge in [-0.15, -0.1) is 10.2 Å². The highest BCUT2D eigenvalue weighted by molar-refractivity contribution is 5.90. The summed E-state index contributed by atoms with van der Waals surface area (Å²) in [6.07, 6.45) is 3.79. The third-order valence-corrected chi connectivity index (χ3v) is 5.32. The van der Waals surface area contributed by atoms with Crippen LogP contribution in [0.5, 0.6) is 0 Å². The van der Waals surface area contributed by atoms with Crippen LogP contribution in [0.25, 0.3) is 22.7 Å². The predicted molar refractivity (Wildman–Crippen MR) is 106 cm³/mol. The quantitative estimate of drug-likeness (QED) is 0.456. The summed E-state index contributed by atoms with van der Waals surface area (Å²) in [6, 6.07) is 6.85. The monoisotopic (exact) mass is 416 g/mol.